The number of likely N-dealkylation sites (tertiary alicyclic amines) is 1. The highest BCUT2D eigenvalue weighted by atomic mass is 16.2. The first-order chi connectivity index (χ1) is 11.6. The van der Waals surface area contributed by atoms with Gasteiger partial charge in [0.2, 0.25) is 11.8 Å². The number of nitrogens with zero attached hydrogens (tertiary/aromatic N) is 3. The molecular formula is C19H33N3O2. The molecule has 0 aromatic rings. The fourth-order valence-electron chi connectivity index (χ4n) is 4.59. The van der Waals surface area contributed by atoms with Crippen LogP contribution in [0.2, 0.25) is 0 Å². The number of carbonyl (C=O) groups excluding carboxylic acids is 2. The lowest BCUT2D eigenvalue weighted by Gasteiger charge is -2.41. The predicted molar refractivity (Wildman–Crippen MR) is 94.6 cm³/mol. The molecule has 2 heterocycles. The van der Waals surface area contributed by atoms with Gasteiger partial charge in [0.05, 0.1) is 0 Å². The molecule has 24 heavy (non-hydrogen) atoms. The van der Waals surface area contributed by atoms with Gasteiger partial charge in [-0.1, -0.05) is 19.3 Å². The van der Waals surface area contributed by atoms with Gasteiger partial charge in [-0.25, -0.2) is 0 Å². The Hall–Kier alpha value is -1.10. The van der Waals surface area contributed by atoms with E-state index in [0.717, 1.165) is 51.1 Å². The Balaban J connectivity index is 1.36. The van der Waals surface area contributed by atoms with Crippen LogP contribution in [0.25, 0.3) is 0 Å². The second kappa shape index (κ2) is 8.32. The van der Waals surface area contributed by atoms with Crippen LogP contribution in [0.5, 0.6) is 0 Å². The molecule has 5 heteroatoms. The summed E-state index contributed by atoms with van der Waals surface area (Å²) in [4.78, 5) is 31.0. The van der Waals surface area contributed by atoms with Gasteiger partial charge in [0.15, 0.2) is 0 Å². The van der Waals surface area contributed by atoms with Crippen molar-refractivity contribution >= 4 is 11.8 Å². The van der Waals surface area contributed by atoms with Crippen LogP contribution in [0.15, 0.2) is 0 Å². The first-order valence-corrected chi connectivity index (χ1v) is 9.87. The maximum atomic E-state index is 12.5. The van der Waals surface area contributed by atoms with Gasteiger partial charge in [0.1, 0.15) is 0 Å². The van der Waals surface area contributed by atoms with Crippen molar-refractivity contribution in [2.24, 2.45) is 11.8 Å². The van der Waals surface area contributed by atoms with Gasteiger partial charge in [0, 0.05) is 52.1 Å². The Bertz CT molecular complexity index is 446. The molecule has 2 unspecified atom stereocenters. The number of hydrogen-bond acceptors (Lipinski definition) is 3. The highest BCUT2D eigenvalue weighted by Crippen LogP contribution is 2.36. The van der Waals surface area contributed by atoms with Crippen LogP contribution in [0.4, 0.5) is 0 Å². The summed E-state index contributed by atoms with van der Waals surface area (Å²) in [6, 6.07) is 0. The third-order valence-corrected chi connectivity index (χ3v) is 6.28. The van der Waals surface area contributed by atoms with Crippen molar-refractivity contribution in [3.8, 4) is 0 Å². The topological polar surface area (TPSA) is 43.9 Å². The van der Waals surface area contributed by atoms with Crippen molar-refractivity contribution in [3.05, 3.63) is 0 Å². The molecule has 0 N–H and O–H groups in total. The minimum Gasteiger partial charge on any atom is -0.342 e. The average Bonchev–Trinajstić information content (AvgIpc) is 2.61. The third-order valence-electron chi connectivity index (χ3n) is 6.28. The molecule has 3 rings (SSSR count). The summed E-state index contributed by atoms with van der Waals surface area (Å²) in [5.41, 5.74) is 0. The number of hydrogen-bond donors (Lipinski definition) is 0. The molecule has 3 aliphatic rings. The summed E-state index contributed by atoms with van der Waals surface area (Å²) in [5, 5.41) is 0. The largest absolute Gasteiger partial charge is 0.342 e. The molecule has 136 valence electrons. The molecule has 2 atom stereocenters. The molecule has 2 aliphatic heterocycles. The lowest BCUT2D eigenvalue weighted by atomic mass is 9.75. The highest BCUT2D eigenvalue weighted by Gasteiger charge is 2.32. The quantitative estimate of drug-likeness (QED) is 0.789. The highest BCUT2D eigenvalue weighted by molar-refractivity contribution is 5.79. The Labute approximate surface area is 146 Å². The van der Waals surface area contributed by atoms with E-state index in [4.69, 9.17) is 0 Å². The fraction of sp³-hybridized carbons (Fsp3) is 0.895. The second-order valence-corrected chi connectivity index (χ2v) is 7.97. The molecule has 1 aliphatic carbocycles. The van der Waals surface area contributed by atoms with E-state index in [2.05, 4.69) is 16.8 Å². The first-order valence-electron chi connectivity index (χ1n) is 9.87. The van der Waals surface area contributed by atoms with Crippen LogP contribution in [0.1, 0.15) is 51.4 Å². The number of piperidine rings is 1. The SMILES string of the molecule is CN1CCN(C(=O)CCCC(=O)N2CCC3CCCCC3C2)CC1. The summed E-state index contributed by atoms with van der Waals surface area (Å²) < 4.78 is 0. The Kier molecular flexibility index (Phi) is 6.14. The second-order valence-electron chi connectivity index (χ2n) is 7.97. The van der Waals surface area contributed by atoms with Crippen LogP contribution >= 0.6 is 0 Å². The molecule has 0 spiro atoms. The normalized spacial score (nSPS) is 28.5. The monoisotopic (exact) mass is 335 g/mol. The minimum absolute atomic E-state index is 0.224. The van der Waals surface area contributed by atoms with Gasteiger partial charge < -0.3 is 14.7 Å². The zero-order chi connectivity index (χ0) is 16.9. The van der Waals surface area contributed by atoms with E-state index in [1.807, 2.05) is 4.90 Å². The van der Waals surface area contributed by atoms with Crippen molar-refractivity contribution < 1.29 is 9.59 Å². The van der Waals surface area contributed by atoms with Crippen LogP contribution in [0, 0.1) is 11.8 Å². The zero-order valence-electron chi connectivity index (χ0n) is 15.2. The maximum absolute atomic E-state index is 12.5. The number of piperazine rings is 1. The lowest BCUT2D eigenvalue weighted by molar-refractivity contribution is -0.135. The van der Waals surface area contributed by atoms with E-state index in [1.54, 1.807) is 0 Å². The number of likely N-dealkylation sites (N-methyl/N-ethyl adjacent to an activating group) is 1. The molecule has 1 saturated carbocycles. The average molecular weight is 335 g/mol. The van der Waals surface area contributed by atoms with Crippen molar-refractivity contribution in [1.29, 1.82) is 0 Å². The third kappa shape index (κ3) is 4.50. The Morgan fingerprint density at radius 1 is 0.792 bits per heavy atom. The van der Waals surface area contributed by atoms with Crippen LogP contribution < -0.4 is 0 Å². The predicted octanol–water partition coefficient (Wildman–Crippen LogP) is 1.97. The minimum atomic E-state index is 0.224. The summed E-state index contributed by atoms with van der Waals surface area (Å²) in [6.07, 6.45) is 8.34. The van der Waals surface area contributed by atoms with Gasteiger partial charge >= 0.3 is 0 Å². The van der Waals surface area contributed by atoms with Gasteiger partial charge in [-0.15, -0.1) is 0 Å². The maximum Gasteiger partial charge on any atom is 0.222 e. The van der Waals surface area contributed by atoms with Gasteiger partial charge in [-0.2, -0.15) is 0 Å². The van der Waals surface area contributed by atoms with Crippen molar-refractivity contribution in [1.82, 2.24) is 14.7 Å². The molecule has 2 saturated heterocycles. The van der Waals surface area contributed by atoms with Crippen molar-refractivity contribution in [3.63, 3.8) is 0 Å². The molecule has 2 amide bonds. The van der Waals surface area contributed by atoms with E-state index >= 15 is 0 Å². The smallest absolute Gasteiger partial charge is 0.222 e. The van der Waals surface area contributed by atoms with Gasteiger partial charge in [-0.05, 0) is 38.1 Å². The molecule has 3 fully saturated rings. The Morgan fingerprint density at radius 3 is 2.12 bits per heavy atom. The number of amides is 2. The van der Waals surface area contributed by atoms with Crippen LogP contribution in [-0.4, -0.2) is 72.8 Å². The van der Waals surface area contributed by atoms with E-state index in [0.29, 0.717) is 19.3 Å². The van der Waals surface area contributed by atoms with Gasteiger partial charge in [0.25, 0.3) is 0 Å². The van der Waals surface area contributed by atoms with Crippen molar-refractivity contribution in [2.75, 3.05) is 46.3 Å². The summed E-state index contributed by atoms with van der Waals surface area (Å²) in [6.45, 7) is 5.49. The molecular weight excluding hydrogens is 302 g/mol. The number of rotatable bonds is 4. The molecule has 0 radical (unpaired) electrons. The first kappa shape index (κ1) is 17.7. The van der Waals surface area contributed by atoms with E-state index < -0.39 is 0 Å². The van der Waals surface area contributed by atoms with E-state index in [9.17, 15) is 9.59 Å². The molecule has 5 nitrogen and oxygen atoms in total. The lowest BCUT2D eigenvalue weighted by Crippen LogP contribution is -2.47. The Morgan fingerprint density at radius 2 is 1.42 bits per heavy atom. The van der Waals surface area contributed by atoms with Crippen LogP contribution in [0.3, 0.4) is 0 Å². The molecule has 0 bridgehead atoms. The number of carbonyl (C=O) groups is 2. The van der Waals surface area contributed by atoms with Gasteiger partial charge in [-0.3, -0.25) is 9.59 Å². The van der Waals surface area contributed by atoms with E-state index in [1.165, 1.54) is 32.1 Å². The standard InChI is InChI=1S/C19H33N3O2/c1-20-11-13-21(14-12-20)18(23)7-4-8-19(24)22-10-9-16-5-2-3-6-17(16)15-22/h16-17H,2-15H2,1H3. The van der Waals surface area contributed by atoms with E-state index in [-0.39, 0.29) is 11.8 Å². The fourth-order valence-corrected chi connectivity index (χ4v) is 4.59. The zero-order valence-corrected chi connectivity index (χ0v) is 15.2. The van der Waals surface area contributed by atoms with Crippen LogP contribution in [-0.2, 0) is 9.59 Å². The van der Waals surface area contributed by atoms with Crippen molar-refractivity contribution in [2.45, 2.75) is 51.4 Å². The summed E-state index contributed by atoms with van der Waals surface area (Å²) >= 11 is 0. The molecule has 0 aromatic carbocycles. The molecule has 0 aromatic heterocycles. The number of fused-ring (bicyclic) bond motifs is 1. The summed E-state index contributed by atoms with van der Waals surface area (Å²) in [7, 11) is 2.09. The summed E-state index contributed by atoms with van der Waals surface area (Å²) in [5.74, 6) is 2.09.